The van der Waals surface area contributed by atoms with Crippen molar-refractivity contribution in [3.05, 3.63) is 64.1 Å². The third kappa shape index (κ3) is 4.09. The molecular formula is C17H20BrNO. The van der Waals surface area contributed by atoms with Crippen LogP contribution in [0.15, 0.2) is 53.0 Å². The SMILES string of the molecule is CCOc1ccc(C(Cc2cccc(Br)c2)NC)cc1. The van der Waals surface area contributed by atoms with Gasteiger partial charge in [-0.15, -0.1) is 0 Å². The highest BCUT2D eigenvalue weighted by Crippen LogP contribution is 2.22. The first-order chi connectivity index (χ1) is 9.72. The molecule has 2 nitrogen and oxygen atoms in total. The average molecular weight is 334 g/mol. The molecule has 0 spiro atoms. The van der Waals surface area contributed by atoms with E-state index in [1.54, 1.807) is 0 Å². The molecule has 0 amide bonds. The van der Waals surface area contributed by atoms with E-state index in [9.17, 15) is 0 Å². The molecule has 1 N–H and O–H groups in total. The van der Waals surface area contributed by atoms with Crippen LogP contribution >= 0.6 is 15.9 Å². The van der Waals surface area contributed by atoms with E-state index in [1.807, 2.05) is 26.1 Å². The van der Waals surface area contributed by atoms with Gasteiger partial charge in [-0.2, -0.15) is 0 Å². The lowest BCUT2D eigenvalue weighted by Gasteiger charge is -2.17. The van der Waals surface area contributed by atoms with Crippen LogP contribution in [0.2, 0.25) is 0 Å². The van der Waals surface area contributed by atoms with Crippen molar-refractivity contribution in [2.75, 3.05) is 13.7 Å². The molecule has 0 heterocycles. The molecule has 0 aliphatic rings. The van der Waals surface area contributed by atoms with E-state index in [2.05, 4.69) is 57.6 Å². The van der Waals surface area contributed by atoms with Gasteiger partial charge in [0.1, 0.15) is 5.75 Å². The number of ether oxygens (including phenoxy) is 1. The summed E-state index contributed by atoms with van der Waals surface area (Å²) in [7, 11) is 2.00. The lowest BCUT2D eigenvalue weighted by Crippen LogP contribution is -2.18. The summed E-state index contributed by atoms with van der Waals surface area (Å²) in [4.78, 5) is 0. The van der Waals surface area contributed by atoms with E-state index >= 15 is 0 Å². The highest BCUT2D eigenvalue weighted by atomic mass is 79.9. The maximum absolute atomic E-state index is 5.48. The Labute approximate surface area is 129 Å². The number of halogens is 1. The first kappa shape index (κ1) is 15.1. The molecule has 0 fully saturated rings. The zero-order valence-corrected chi connectivity index (χ0v) is 13.5. The minimum Gasteiger partial charge on any atom is -0.494 e. The molecule has 0 aliphatic carbocycles. The van der Waals surface area contributed by atoms with Gasteiger partial charge in [0, 0.05) is 10.5 Å². The number of hydrogen-bond donors (Lipinski definition) is 1. The van der Waals surface area contributed by atoms with Gasteiger partial charge in [0.15, 0.2) is 0 Å². The first-order valence-electron chi connectivity index (χ1n) is 6.87. The molecule has 1 unspecified atom stereocenters. The van der Waals surface area contributed by atoms with Crippen molar-refractivity contribution in [2.24, 2.45) is 0 Å². The van der Waals surface area contributed by atoms with Gasteiger partial charge in [-0.05, 0) is 55.8 Å². The minimum absolute atomic E-state index is 0.306. The highest BCUT2D eigenvalue weighted by Gasteiger charge is 2.10. The van der Waals surface area contributed by atoms with E-state index in [1.165, 1.54) is 11.1 Å². The predicted octanol–water partition coefficient (Wildman–Crippen LogP) is 4.35. The molecule has 20 heavy (non-hydrogen) atoms. The Morgan fingerprint density at radius 1 is 1.15 bits per heavy atom. The van der Waals surface area contributed by atoms with Gasteiger partial charge < -0.3 is 10.1 Å². The predicted molar refractivity (Wildman–Crippen MR) is 87.3 cm³/mol. The number of nitrogens with one attached hydrogen (secondary N) is 1. The smallest absolute Gasteiger partial charge is 0.119 e. The first-order valence-corrected chi connectivity index (χ1v) is 7.66. The van der Waals surface area contributed by atoms with Crippen molar-refractivity contribution >= 4 is 15.9 Å². The minimum atomic E-state index is 0.306. The second-order valence-corrected chi connectivity index (χ2v) is 5.59. The van der Waals surface area contributed by atoms with E-state index in [0.29, 0.717) is 12.6 Å². The Hall–Kier alpha value is -1.32. The van der Waals surface area contributed by atoms with Crippen LogP contribution in [0, 0.1) is 0 Å². The molecule has 0 aromatic heterocycles. The number of hydrogen-bond acceptors (Lipinski definition) is 2. The van der Waals surface area contributed by atoms with E-state index in [4.69, 9.17) is 4.74 Å². The number of benzene rings is 2. The fourth-order valence-corrected chi connectivity index (χ4v) is 2.70. The van der Waals surface area contributed by atoms with Crippen LogP contribution in [-0.2, 0) is 6.42 Å². The molecule has 3 heteroatoms. The lowest BCUT2D eigenvalue weighted by atomic mass is 9.99. The molecule has 2 aromatic carbocycles. The van der Waals surface area contributed by atoms with E-state index in [0.717, 1.165) is 16.6 Å². The van der Waals surface area contributed by atoms with Gasteiger partial charge in [0.25, 0.3) is 0 Å². The molecule has 0 bridgehead atoms. The van der Waals surface area contributed by atoms with Crippen LogP contribution in [0.25, 0.3) is 0 Å². The average Bonchev–Trinajstić information content (AvgIpc) is 2.46. The van der Waals surface area contributed by atoms with Gasteiger partial charge in [0.05, 0.1) is 6.61 Å². The van der Waals surface area contributed by atoms with Crippen molar-refractivity contribution in [3.8, 4) is 5.75 Å². The zero-order valence-electron chi connectivity index (χ0n) is 11.9. The van der Waals surface area contributed by atoms with E-state index in [-0.39, 0.29) is 0 Å². The molecule has 0 aliphatic heterocycles. The molecule has 0 radical (unpaired) electrons. The van der Waals surface area contributed by atoms with Crippen LogP contribution in [0.1, 0.15) is 24.1 Å². The van der Waals surface area contributed by atoms with Crippen molar-refractivity contribution in [3.63, 3.8) is 0 Å². The summed E-state index contributed by atoms with van der Waals surface area (Å²) in [5, 5.41) is 3.38. The fourth-order valence-electron chi connectivity index (χ4n) is 2.25. The largest absolute Gasteiger partial charge is 0.494 e. The normalized spacial score (nSPS) is 12.2. The molecule has 0 saturated carbocycles. The van der Waals surface area contributed by atoms with Gasteiger partial charge in [-0.3, -0.25) is 0 Å². The van der Waals surface area contributed by atoms with E-state index < -0.39 is 0 Å². The van der Waals surface area contributed by atoms with Crippen LogP contribution < -0.4 is 10.1 Å². The second-order valence-electron chi connectivity index (χ2n) is 4.68. The molecule has 2 rings (SSSR count). The zero-order chi connectivity index (χ0) is 14.4. The van der Waals surface area contributed by atoms with Crippen molar-refractivity contribution in [1.82, 2.24) is 5.32 Å². The fraction of sp³-hybridized carbons (Fsp3) is 0.294. The Morgan fingerprint density at radius 3 is 2.50 bits per heavy atom. The molecular weight excluding hydrogens is 314 g/mol. The lowest BCUT2D eigenvalue weighted by molar-refractivity contribution is 0.340. The Kier molecular flexibility index (Phi) is 5.62. The topological polar surface area (TPSA) is 21.3 Å². The van der Waals surface area contributed by atoms with Gasteiger partial charge in [0.2, 0.25) is 0 Å². The van der Waals surface area contributed by atoms with Crippen LogP contribution in [-0.4, -0.2) is 13.7 Å². The summed E-state index contributed by atoms with van der Waals surface area (Å²) < 4.78 is 6.60. The molecule has 0 saturated heterocycles. The van der Waals surface area contributed by atoms with Crippen LogP contribution in [0.4, 0.5) is 0 Å². The van der Waals surface area contributed by atoms with Gasteiger partial charge in [-0.25, -0.2) is 0 Å². The summed E-state index contributed by atoms with van der Waals surface area (Å²) >= 11 is 3.52. The maximum Gasteiger partial charge on any atom is 0.119 e. The van der Waals surface area contributed by atoms with Crippen molar-refractivity contribution in [2.45, 2.75) is 19.4 Å². The second kappa shape index (κ2) is 7.46. The maximum atomic E-state index is 5.48. The Morgan fingerprint density at radius 2 is 1.90 bits per heavy atom. The van der Waals surface area contributed by atoms with Gasteiger partial charge in [-0.1, -0.05) is 40.2 Å². The van der Waals surface area contributed by atoms with Crippen LogP contribution in [0.3, 0.4) is 0 Å². The summed E-state index contributed by atoms with van der Waals surface area (Å²) in [6, 6.07) is 17.1. The van der Waals surface area contributed by atoms with Gasteiger partial charge >= 0.3 is 0 Å². The summed E-state index contributed by atoms with van der Waals surface area (Å²) in [5.74, 6) is 0.925. The third-order valence-corrected chi connectivity index (χ3v) is 3.76. The third-order valence-electron chi connectivity index (χ3n) is 3.27. The molecule has 106 valence electrons. The Bertz CT molecular complexity index is 539. The number of rotatable bonds is 6. The standard InChI is InChI=1S/C17H20BrNO/c1-3-20-16-9-7-14(8-10-16)17(19-2)12-13-5-4-6-15(18)11-13/h4-11,17,19H,3,12H2,1-2H3. The Balaban J connectivity index is 2.11. The molecule has 1 atom stereocenters. The quantitative estimate of drug-likeness (QED) is 0.848. The van der Waals surface area contributed by atoms with Crippen molar-refractivity contribution in [1.29, 1.82) is 0 Å². The summed E-state index contributed by atoms with van der Waals surface area (Å²) in [6.45, 7) is 2.70. The summed E-state index contributed by atoms with van der Waals surface area (Å²) in [5.41, 5.74) is 2.59. The van der Waals surface area contributed by atoms with Crippen LogP contribution in [0.5, 0.6) is 5.75 Å². The molecule has 2 aromatic rings. The van der Waals surface area contributed by atoms with Crippen molar-refractivity contribution < 1.29 is 4.74 Å². The number of likely N-dealkylation sites (N-methyl/N-ethyl adjacent to an activating group) is 1. The highest BCUT2D eigenvalue weighted by molar-refractivity contribution is 9.10. The monoisotopic (exact) mass is 333 g/mol. The summed E-state index contributed by atoms with van der Waals surface area (Å²) in [6.07, 6.45) is 0.962.